The summed E-state index contributed by atoms with van der Waals surface area (Å²) in [6.07, 6.45) is 0.927. The van der Waals surface area contributed by atoms with Gasteiger partial charge in [0.15, 0.2) is 0 Å². The molecule has 1 aromatic rings. The van der Waals surface area contributed by atoms with Gasteiger partial charge in [0.05, 0.1) is 7.11 Å². The molecule has 0 amide bonds. The molecule has 4 heteroatoms. The number of ether oxygens (including phenoxy) is 1. The zero-order valence-electron chi connectivity index (χ0n) is 8.10. The lowest BCUT2D eigenvalue weighted by Gasteiger charge is -2.38. The molecular weight excluding hydrogens is 198 g/mol. The predicted molar refractivity (Wildman–Crippen MR) is 55.2 cm³/mol. The number of hydrogen-bond donors (Lipinski definition) is 0. The van der Waals surface area contributed by atoms with E-state index in [1.807, 2.05) is 0 Å². The van der Waals surface area contributed by atoms with Crippen molar-refractivity contribution in [3.63, 3.8) is 0 Å². The van der Waals surface area contributed by atoms with Gasteiger partial charge in [-0.25, -0.2) is 0 Å². The SMILES string of the molecule is COC(=O)C1CCN1Cc1ccsc1. The Morgan fingerprint density at radius 1 is 1.79 bits per heavy atom. The minimum absolute atomic E-state index is 0.0140. The quantitative estimate of drug-likeness (QED) is 0.709. The molecule has 0 N–H and O–H groups in total. The molecule has 1 fully saturated rings. The van der Waals surface area contributed by atoms with Gasteiger partial charge in [-0.15, -0.1) is 0 Å². The molecule has 2 heterocycles. The van der Waals surface area contributed by atoms with Crippen LogP contribution >= 0.6 is 11.3 Å². The number of thiophene rings is 1. The van der Waals surface area contributed by atoms with Gasteiger partial charge in [0.2, 0.25) is 0 Å². The minimum Gasteiger partial charge on any atom is -0.468 e. The van der Waals surface area contributed by atoms with Gasteiger partial charge in [-0.3, -0.25) is 9.69 Å². The highest BCUT2D eigenvalue weighted by molar-refractivity contribution is 7.07. The second kappa shape index (κ2) is 4.11. The maximum absolute atomic E-state index is 11.3. The zero-order valence-corrected chi connectivity index (χ0v) is 8.92. The molecule has 1 saturated heterocycles. The van der Waals surface area contributed by atoms with Crippen molar-refractivity contribution in [2.75, 3.05) is 13.7 Å². The summed E-state index contributed by atoms with van der Waals surface area (Å²) in [5, 5.41) is 4.18. The molecule has 14 heavy (non-hydrogen) atoms. The molecular formula is C10H13NO2S. The minimum atomic E-state index is -0.105. The number of hydrogen-bond acceptors (Lipinski definition) is 4. The van der Waals surface area contributed by atoms with E-state index < -0.39 is 0 Å². The van der Waals surface area contributed by atoms with E-state index in [0.29, 0.717) is 0 Å². The molecule has 0 spiro atoms. The molecule has 1 unspecified atom stereocenters. The Bertz CT molecular complexity index is 310. The molecule has 0 bridgehead atoms. The van der Waals surface area contributed by atoms with Gasteiger partial charge in [-0.2, -0.15) is 11.3 Å². The van der Waals surface area contributed by atoms with Gasteiger partial charge in [0.25, 0.3) is 0 Å². The molecule has 1 aromatic heterocycles. The van der Waals surface area contributed by atoms with Crippen LogP contribution in [0.3, 0.4) is 0 Å². The maximum atomic E-state index is 11.3. The third-order valence-electron chi connectivity index (χ3n) is 2.57. The first-order chi connectivity index (χ1) is 6.81. The average Bonchev–Trinajstić information content (AvgIpc) is 2.64. The van der Waals surface area contributed by atoms with Crippen molar-refractivity contribution in [1.82, 2.24) is 4.90 Å². The number of nitrogens with zero attached hydrogens (tertiary/aromatic N) is 1. The van der Waals surface area contributed by atoms with Crippen molar-refractivity contribution in [3.05, 3.63) is 22.4 Å². The summed E-state index contributed by atoms with van der Waals surface area (Å²) in [6.45, 7) is 1.86. The molecule has 76 valence electrons. The fourth-order valence-corrected chi connectivity index (χ4v) is 2.31. The number of methoxy groups -OCH3 is 1. The van der Waals surface area contributed by atoms with Gasteiger partial charge in [-0.05, 0) is 28.8 Å². The fraction of sp³-hybridized carbons (Fsp3) is 0.500. The van der Waals surface area contributed by atoms with E-state index >= 15 is 0 Å². The molecule has 1 aliphatic heterocycles. The first kappa shape index (κ1) is 9.68. The van der Waals surface area contributed by atoms with Gasteiger partial charge in [0, 0.05) is 13.1 Å². The lowest BCUT2D eigenvalue weighted by molar-refractivity contribution is -0.152. The van der Waals surface area contributed by atoms with Crippen LogP contribution in [0.5, 0.6) is 0 Å². The third kappa shape index (κ3) is 1.81. The van der Waals surface area contributed by atoms with Crippen LogP contribution in [0, 0.1) is 0 Å². The van der Waals surface area contributed by atoms with Crippen molar-refractivity contribution in [3.8, 4) is 0 Å². The number of carbonyl (C=O) groups is 1. The van der Waals surface area contributed by atoms with Gasteiger partial charge < -0.3 is 4.74 Å². The first-order valence-corrected chi connectivity index (χ1v) is 5.58. The molecule has 1 atom stereocenters. The van der Waals surface area contributed by atoms with E-state index in [0.717, 1.165) is 19.5 Å². The summed E-state index contributed by atoms with van der Waals surface area (Å²) in [7, 11) is 1.45. The Morgan fingerprint density at radius 2 is 2.64 bits per heavy atom. The largest absolute Gasteiger partial charge is 0.468 e. The Labute approximate surface area is 87.3 Å². The molecule has 0 aromatic carbocycles. The van der Waals surface area contributed by atoms with Crippen molar-refractivity contribution >= 4 is 17.3 Å². The third-order valence-corrected chi connectivity index (χ3v) is 3.30. The highest BCUT2D eigenvalue weighted by Crippen LogP contribution is 2.22. The predicted octanol–water partition coefficient (Wildman–Crippen LogP) is 1.50. The topological polar surface area (TPSA) is 29.5 Å². The van der Waals surface area contributed by atoms with Crippen molar-refractivity contribution in [1.29, 1.82) is 0 Å². The highest BCUT2D eigenvalue weighted by atomic mass is 32.1. The summed E-state index contributed by atoms with van der Waals surface area (Å²) in [5.41, 5.74) is 1.28. The van der Waals surface area contributed by atoms with Crippen molar-refractivity contribution < 1.29 is 9.53 Å². The maximum Gasteiger partial charge on any atom is 0.323 e. The van der Waals surface area contributed by atoms with Gasteiger partial charge >= 0.3 is 5.97 Å². The van der Waals surface area contributed by atoms with Crippen LogP contribution in [0.4, 0.5) is 0 Å². The summed E-state index contributed by atoms with van der Waals surface area (Å²) < 4.78 is 4.73. The molecule has 1 aliphatic rings. The van der Waals surface area contributed by atoms with Crippen LogP contribution in [0.25, 0.3) is 0 Å². The van der Waals surface area contributed by atoms with E-state index in [1.54, 1.807) is 11.3 Å². The lowest BCUT2D eigenvalue weighted by atomic mass is 10.0. The van der Waals surface area contributed by atoms with E-state index in [-0.39, 0.29) is 12.0 Å². The van der Waals surface area contributed by atoms with Crippen LogP contribution in [0.15, 0.2) is 16.8 Å². The first-order valence-electron chi connectivity index (χ1n) is 4.64. The second-order valence-electron chi connectivity index (χ2n) is 3.43. The molecule has 0 aliphatic carbocycles. The Morgan fingerprint density at radius 3 is 3.14 bits per heavy atom. The van der Waals surface area contributed by atoms with Crippen LogP contribution in [-0.2, 0) is 16.1 Å². The average molecular weight is 211 g/mol. The molecule has 3 nitrogen and oxygen atoms in total. The van der Waals surface area contributed by atoms with Gasteiger partial charge in [0.1, 0.15) is 6.04 Å². The smallest absolute Gasteiger partial charge is 0.323 e. The van der Waals surface area contributed by atoms with Gasteiger partial charge in [-0.1, -0.05) is 0 Å². The van der Waals surface area contributed by atoms with Crippen LogP contribution in [-0.4, -0.2) is 30.6 Å². The van der Waals surface area contributed by atoms with E-state index in [2.05, 4.69) is 21.7 Å². The second-order valence-corrected chi connectivity index (χ2v) is 4.21. The number of esters is 1. The lowest BCUT2D eigenvalue weighted by Crippen LogP contribution is -2.51. The van der Waals surface area contributed by atoms with Crippen LogP contribution in [0.2, 0.25) is 0 Å². The van der Waals surface area contributed by atoms with E-state index in [1.165, 1.54) is 12.7 Å². The van der Waals surface area contributed by atoms with Crippen LogP contribution < -0.4 is 0 Å². The molecule has 0 radical (unpaired) electrons. The Kier molecular flexibility index (Phi) is 2.84. The van der Waals surface area contributed by atoms with E-state index in [4.69, 9.17) is 4.74 Å². The standard InChI is InChI=1S/C10H13NO2S/c1-13-10(12)9-2-4-11(9)6-8-3-5-14-7-8/h3,5,7,9H,2,4,6H2,1H3. The normalized spacial score (nSPS) is 21.6. The molecule has 0 saturated carbocycles. The highest BCUT2D eigenvalue weighted by Gasteiger charge is 2.34. The summed E-state index contributed by atoms with van der Waals surface area (Å²) in [6, 6.07) is 2.08. The number of carbonyl (C=O) groups excluding carboxylic acids is 1. The summed E-state index contributed by atoms with van der Waals surface area (Å²) >= 11 is 1.69. The number of likely N-dealkylation sites (tertiary alicyclic amines) is 1. The summed E-state index contributed by atoms with van der Waals surface area (Å²) in [4.78, 5) is 13.4. The van der Waals surface area contributed by atoms with E-state index in [9.17, 15) is 4.79 Å². The summed E-state index contributed by atoms with van der Waals surface area (Å²) in [5.74, 6) is -0.105. The zero-order chi connectivity index (χ0) is 9.97. The van der Waals surface area contributed by atoms with Crippen LogP contribution in [0.1, 0.15) is 12.0 Å². The van der Waals surface area contributed by atoms with Crippen molar-refractivity contribution in [2.24, 2.45) is 0 Å². The Hall–Kier alpha value is -0.870. The number of rotatable bonds is 3. The molecule has 2 rings (SSSR count). The van der Waals surface area contributed by atoms with Crippen molar-refractivity contribution in [2.45, 2.75) is 19.0 Å². The Balaban J connectivity index is 1.91. The fourth-order valence-electron chi connectivity index (χ4n) is 1.65. The monoisotopic (exact) mass is 211 g/mol.